The zero-order valence-electron chi connectivity index (χ0n) is 17.8. The van der Waals surface area contributed by atoms with Gasteiger partial charge in [0.25, 0.3) is 0 Å². The Bertz CT molecular complexity index is 848. The van der Waals surface area contributed by atoms with Gasteiger partial charge in [-0.2, -0.15) is 0 Å². The Morgan fingerprint density at radius 3 is 2.67 bits per heavy atom. The fraction of sp³-hybridized carbons (Fsp3) is 0.565. The third-order valence-corrected chi connectivity index (χ3v) is 6.16. The molecule has 1 aromatic carbocycles. The minimum Gasteiger partial charge on any atom is -0.496 e. The molecule has 30 heavy (non-hydrogen) atoms. The van der Waals surface area contributed by atoms with E-state index in [1.807, 2.05) is 18.2 Å². The number of nitrogens with zero attached hydrogens (tertiary/aromatic N) is 1. The standard InChI is InChI=1S/C23H29NO6/c1-4-14-10-16-20(12-19(14)30-23(26)24(2)3)29-13-17(22(16)25)15-6-7-18-21(11-15)28-9-5-8-27-18/h6-7,11,13-14,16,19-20H,4-5,8-10,12H2,1-3H3. The van der Waals surface area contributed by atoms with Gasteiger partial charge >= 0.3 is 6.09 Å². The average molecular weight is 415 g/mol. The predicted molar refractivity (Wildman–Crippen MR) is 110 cm³/mol. The molecule has 0 aromatic heterocycles. The maximum absolute atomic E-state index is 13.4. The van der Waals surface area contributed by atoms with Gasteiger partial charge in [0.05, 0.1) is 31.0 Å². The van der Waals surface area contributed by atoms with Gasteiger partial charge in [-0.3, -0.25) is 4.79 Å². The van der Waals surface area contributed by atoms with Crippen molar-refractivity contribution in [3.8, 4) is 11.5 Å². The van der Waals surface area contributed by atoms with E-state index < -0.39 is 0 Å². The Balaban J connectivity index is 1.54. The molecule has 0 spiro atoms. The SMILES string of the molecule is CCC1CC2C(=O)C(c3ccc4c(c3)OCCCO4)=COC2CC1OC(=O)N(C)C. The fourth-order valence-electron chi connectivity index (χ4n) is 4.40. The molecule has 1 fully saturated rings. The Kier molecular flexibility index (Phi) is 5.88. The monoisotopic (exact) mass is 415 g/mol. The molecule has 7 heteroatoms. The number of ketones is 1. The summed E-state index contributed by atoms with van der Waals surface area (Å²) >= 11 is 0. The Morgan fingerprint density at radius 1 is 1.17 bits per heavy atom. The van der Waals surface area contributed by atoms with E-state index in [4.69, 9.17) is 18.9 Å². The number of allylic oxidation sites excluding steroid dienone is 1. The molecular formula is C23H29NO6. The lowest BCUT2D eigenvalue weighted by Gasteiger charge is -2.41. The van der Waals surface area contributed by atoms with Crippen LogP contribution in [-0.2, 0) is 14.3 Å². The first kappa shape index (κ1) is 20.6. The summed E-state index contributed by atoms with van der Waals surface area (Å²) in [6.07, 6.45) is 3.52. The number of Topliss-reactive ketones (excluding diaryl/α,β-unsaturated/α-hetero) is 1. The van der Waals surface area contributed by atoms with Crippen LogP contribution >= 0.6 is 0 Å². The van der Waals surface area contributed by atoms with Crippen LogP contribution in [0.4, 0.5) is 4.79 Å². The van der Waals surface area contributed by atoms with Crippen molar-refractivity contribution in [1.82, 2.24) is 4.90 Å². The van der Waals surface area contributed by atoms with Gasteiger partial charge in [0.1, 0.15) is 12.2 Å². The second-order valence-electron chi connectivity index (χ2n) is 8.35. The normalized spacial score (nSPS) is 27.8. The van der Waals surface area contributed by atoms with Crippen LogP contribution in [0.25, 0.3) is 5.57 Å². The van der Waals surface area contributed by atoms with Crippen LogP contribution in [0, 0.1) is 11.8 Å². The summed E-state index contributed by atoms with van der Waals surface area (Å²) < 4.78 is 23.1. The fourth-order valence-corrected chi connectivity index (χ4v) is 4.40. The number of ether oxygens (including phenoxy) is 4. The number of benzene rings is 1. The van der Waals surface area contributed by atoms with Gasteiger partial charge < -0.3 is 23.8 Å². The molecule has 3 aliphatic rings. The second-order valence-corrected chi connectivity index (χ2v) is 8.35. The number of hydrogen-bond acceptors (Lipinski definition) is 6. The zero-order valence-corrected chi connectivity index (χ0v) is 17.8. The number of amides is 1. The maximum Gasteiger partial charge on any atom is 0.409 e. The van der Waals surface area contributed by atoms with Crippen molar-refractivity contribution in [2.24, 2.45) is 11.8 Å². The van der Waals surface area contributed by atoms with Gasteiger partial charge in [-0.05, 0) is 36.5 Å². The molecule has 0 N–H and O–H groups in total. The second kappa shape index (κ2) is 8.58. The average Bonchev–Trinajstić information content (AvgIpc) is 2.98. The van der Waals surface area contributed by atoms with E-state index in [-0.39, 0.29) is 35.9 Å². The van der Waals surface area contributed by atoms with E-state index >= 15 is 0 Å². The molecule has 0 radical (unpaired) electrons. The van der Waals surface area contributed by atoms with Gasteiger partial charge in [-0.25, -0.2) is 4.79 Å². The third-order valence-electron chi connectivity index (χ3n) is 6.16. The first-order chi connectivity index (χ1) is 14.5. The summed E-state index contributed by atoms with van der Waals surface area (Å²) in [5.41, 5.74) is 1.34. The maximum atomic E-state index is 13.4. The first-order valence-corrected chi connectivity index (χ1v) is 10.7. The third kappa shape index (κ3) is 3.98. The molecule has 4 unspecified atom stereocenters. The Labute approximate surface area is 176 Å². The first-order valence-electron chi connectivity index (χ1n) is 10.7. The lowest BCUT2D eigenvalue weighted by atomic mass is 9.72. The van der Waals surface area contributed by atoms with Crippen molar-refractivity contribution in [3.63, 3.8) is 0 Å². The molecular weight excluding hydrogens is 386 g/mol. The molecule has 1 aromatic rings. The molecule has 1 saturated carbocycles. The highest BCUT2D eigenvalue weighted by Gasteiger charge is 2.45. The Hall–Kier alpha value is -2.70. The summed E-state index contributed by atoms with van der Waals surface area (Å²) in [5, 5.41) is 0. The van der Waals surface area contributed by atoms with Gasteiger partial charge in [0, 0.05) is 26.9 Å². The predicted octanol–water partition coefficient (Wildman–Crippen LogP) is 3.66. The van der Waals surface area contributed by atoms with E-state index in [0.717, 1.165) is 18.4 Å². The largest absolute Gasteiger partial charge is 0.496 e. The van der Waals surface area contributed by atoms with Crippen molar-refractivity contribution in [2.45, 2.75) is 44.8 Å². The molecule has 0 bridgehead atoms. The molecule has 0 saturated heterocycles. The van der Waals surface area contributed by atoms with Crippen molar-refractivity contribution >= 4 is 17.4 Å². The number of hydrogen-bond donors (Lipinski definition) is 0. The summed E-state index contributed by atoms with van der Waals surface area (Å²) in [7, 11) is 3.33. The zero-order chi connectivity index (χ0) is 21.3. The van der Waals surface area contributed by atoms with Crippen molar-refractivity contribution in [1.29, 1.82) is 0 Å². The van der Waals surface area contributed by atoms with Gasteiger partial charge in [-0.15, -0.1) is 0 Å². The topological polar surface area (TPSA) is 74.3 Å². The lowest BCUT2D eigenvalue weighted by molar-refractivity contribution is -0.129. The Morgan fingerprint density at radius 2 is 1.93 bits per heavy atom. The molecule has 1 aliphatic carbocycles. The molecule has 4 atom stereocenters. The molecule has 2 aliphatic heterocycles. The number of rotatable bonds is 3. The van der Waals surface area contributed by atoms with Crippen molar-refractivity contribution < 1.29 is 28.5 Å². The number of fused-ring (bicyclic) bond motifs is 2. The van der Waals surface area contributed by atoms with Crippen molar-refractivity contribution in [3.05, 3.63) is 30.0 Å². The molecule has 7 nitrogen and oxygen atoms in total. The van der Waals surface area contributed by atoms with Gasteiger partial charge in [0.2, 0.25) is 0 Å². The number of carbonyl (C=O) groups is 2. The van der Waals surface area contributed by atoms with E-state index in [0.29, 0.717) is 43.1 Å². The quantitative estimate of drug-likeness (QED) is 0.750. The van der Waals surface area contributed by atoms with E-state index in [1.54, 1.807) is 20.4 Å². The summed E-state index contributed by atoms with van der Waals surface area (Å²) in [6, 6.07) is 5.58. The molecule has 4 rings (SSSR count). The molecule has 1 amide bonds. The summed E-state index contributed by atoms with van der Waals surface area (Å²) in [6.45, 7) is 3.28. The van der Waals surface area contributed by atoms with Gasteiger partial charge in [-0.1, -0.05) is 13.0 Å². The van der Waals surface area contributed by atoms with Crippen LogP contribution in [0.15, 0.2) is 24.5 Å². The van der Waals surface area contributed by atoms with Crippen LogP contribution in [-0.4, -0.2) is 56.3 Å². The molecule has 162 valence electrons. The van der Waals surface area contributed by atoms with Crippen LogP contribution < -0.4 is 9.47 Å². The van der Waals surface area contributed by atoms with Crippen LogP contribution in [0.5, 0.6) is 11.5 Å². The summed E-state index contributed by atoms with van der Waals surface area (Å²) in [5.74, 6) is 1.34. The van der Waals surface area contributed by atoms with E-state index in [1.165, 1.54) is 4.90 Å². The van der Waals surface area contributed by atoms with E-state index in [9.17, 15) is 9.59 Å². The minimum atomic E-state index is -0.359. The minimum absolute atomic E-state index is 0.0802. The highest BCUT2D eigenvalue weighted by Crippen LogP contribution is 2.42. The highest BCUT2D eigenvalue weighted by molar-refractivity contribution is 6.22. The molecule has 2 heterocycles. The van der Waals surface area contributed by atoms with Crippen molar-refractivity contribution in [2.75, 3.05) is 27.3 Å². The van der Waals surface area contributed by atoms with Gasteiger partial charge in [0.15, 0.2) is 17.3 Å². The van der Waals surface area contributed by atoms with E-state index in [2.05, 4.69) is 6.92 Å². The highest BCUT2D eigenvalue weighted by atomic mass is 16.6. The smallest absolute Gasteiger partial charge is 0.409 e. The number of carbonyl (C=O) groups excluding carboxylic acids is 2. The van der Waals surface area contributed by atoms with Crippen LogP contribution in [0.2, 0.25) is 0 Å². The van der Waals surface area contributed by atoms with Crippen LogP contribution in [0.1, 0.15) is 38.2 Å². The van der Waals surface area contributed by atoms with Crippen LogP contribution in [0.3, 0.4) is 0 Å². The summed E-state index contributed by atoms with van der Waals surface area (Å²) in [4.78, 5) is 26.8. The lowest BCUT2D eigenvalue weighted by Crippen LogP contribution is -2.47.